The van der Waals surface area contributed by atoms with E-state index in [9.17, 15) is 12.8 Å². The lowest BCUT2D eigenvalue weighted by atomic mass is 10.3. The standard InChI is InChI=1S/C8H9FO3S/c1-2-13(11,12)6-3-4-7(9)8(10)5-6/h3-5,10H,2H2,1H3. The molecular formula is C8H9FO3S. The summed E-state index contributed by atoms with van der Waals surface area (Å²) >= 11 is 0. The summed E-state index contributed by atoms with van der Waals surface area (Å²) in [6, 6.07) is 2.97. The molecule has 0 aliphatic rings. The molecule has 1 aromatic carbocycles. The Hall–Kier alpha value is -1.10. The van der Waals surface area contributed by atoms with Crippen LogP contribution in [-0.2, 0) is 9.84 Å². The van der Waals surface area contributed by atoms with Gasteiger partial charge >= 0.3 is 0 Å². The van der Waals surface area contributed by atoms with Crippen LogP contribution in [0.1, 0.15) is 6.92 Å². The highest BCUT2D eigenvalue weighted by molar-refractivity contribution is 7.91. The molecule has 0 saturated heterocycles. The highest BCUT2D eigenvalue weighted by Crippen LogP contribution is 2.20. The van der Waals surface area contributed by atoms with Crippen LogP contribution in [0, 0.1) is 5.82 Å². The molecule has 0 unspecified atom stereocenters. The van der Waals surface area contributed by atoms with Gasteiger partial charge in [0.1, 0.15) is 0 Å². The van der Waals surface area contributed by atoms with Crippen molar-refractivity contribution in [2.75, 3.05) is 5.75 Å². The maximum absolute atomic E-state index is 12.5. The fraction of sp³-hybridized carbons (Fsp3) is 0.250. The van der Waals surface area contributed by atoms with E-state index in [0.29, 0.717) is 0 Å². The quantitative estimate of drug-likeness (QED) is 0.739. The summed E-state index contributed by atoms with van der Waals surface area (Å²) in [6.07, 6.45) is 0. The molecule has 5 heteroatoms. The second-order valence-corrected chi connectivity index (χ2v) is 4.79. The number of sulfone groups is 1. The van der Waals surface area contributed by atoms with Crippen molar-refractivity contribution in [3.05, 3.63) is 24.0 Å². The van der Waals surface area contributed by atoms with Gasteiger partial charge in [-0.15, -0.1) is 0 Å². The average molecular weight is 204 g/mol. The van der Waals surface area contributed by atoms with Crippen molar-refractivity contribution in [1.82, 2.24) is 0 Å². The second-order valence-electron chi connectivity index (χ2n) is 2.52. The monoisotopic (exact) mass is 204 g/mol. The van der Waals surface area contributed by atoms with Crippen molar-refractivity contribution in [3.8, 4) is 5.75 Å². The first-order valence-electron chi connectivity index (χ1n) is 3.68. The number of phenolic OH excluding ortho intramolecular Hbond substituents is 1. The van der Waals surface area contributed by atoms with Crippen LogP contribution in [0.4, 0.5) is 4.39 Å². The molecule has 1 rings (SSSR count). The van der Waals surface area contributed by atoms with Crippen molar-refractivity contribution in [1.29, 1.82) is 0 Å². The predicted octanol–water partition coefficient (Wildman–Crippen LogP) is 1.32. The number of halogens is 1. The van der Waals surface area contributed by atoms with Gasteiger partial charge in [0, 0.05) is 6.07 Å². The minimum Gasteiger partial charge on any atom is -0.505 e. The zero-order chi connectivity index (χ0) is 10.1. The van der Waals surface area contributed by atoms with Crippen LogP contribution in [0.25, 0.3) is 0 Å². The van der Waals surface area contributed by atoms with E-state index < -0.39 is 21.4 Å². The largest absolute Gasteiger partial charge is 0.505 e. The third-order valence-electron chi connectivity index (χ3n) is 1.66. The maximum Gasteiger partial charge on any atom is 0.178 e. The number of phenols is 1. The molecule has 0 heterocycles. The zero-order valence-electron chi connectivity index (χ0n) is 6.99. The Labute approximate surface area is 75.7 Å². The second kappa shape index (κ2) is 3.33. The van der Waals surface area contributed by atoms with E-state index in [-0.39, 0.29) is 10.6 Å². The Morgan fingerprint density at radius 2 is 2.08 bits per heavy atom. The molecule has 0 bridgehead atoms. The van der Waals surface area contributed by atoms with Crippen LogP contribution in [0.15, 0.2) is 23.1 Å². The fourth-order valence-corrected chi connectivity index (χ4v) is 1.75. The summed E-state index contributed by atoms with van der Waals surface area (Å²) in [5.41, 5.74) is 0. The summed E-state index contributed by atoms with van der Waals surface area (Å²) in [7, 11) is -3.36. The molecule has 0 aliphatic carbocycles. The van der Waals surface area contributed by atoms with E-state index in [4.69, 9.17) is 5.11 Å². The summed E-state index contributed by atoms with van der Waals surface area (Å²) in [4.78, 5) is -0.0612. The first kappa shape index (κ1) is 9.98. The van der Waals surface area contributed by atoms with Crippen molar-refractivity contribution >= 4 is 9.84 Å². The lowest BCUT2D eigenvalue weighted by Gasteiger charge is -2.01. The third-order valence-corrected chi connectivity index (χ3v) is 3.39. The van der Waals surface area contributed by atoms with E-state index in [2.05, 4.69) is 0 Å². The highest BCUT2D eigenvalue weighted by Gasteiger charge is 2.13. The van der Waals surface area contributed by atoms with E-state index in [0.717, 1.165) is 18.2 Å². The van der Waals surface area contributed by atoms with Gasteiger partial charge in [-0.1, -0.05) is 6.92 Å². The molecule has 0 spiro atoms. The van der Waals surface area contributed by atoms with Gasteiger partial charge in [0.25, 0.3) is 0 Å². The van der Waals surface area contributed by atoms with Gasteiger partial charge in [-0.25, -0.2) is 12.8 Å². The fourth-order valence-electron chi connectivity index (χ4n) is 0.853. The minimum absolute atomic E-state index is 0.0612. The van der Waals surface area contributed by atoms with Gasteiger partial charge in [-0.3, -0.25) is 0 Å². The third kappa shape index (κ3) is 1.98. The van der Waals surface area contributed by atoms with E-state index in [1.165, 1.54) is 6.92 Å². The van der Waals surface area contributed by atoms with Crippen LogP contribution in [0.2, 0.25) is 0 Å². The Morgan fingerprint density at radius 3 is 2.54 bits per heavy atom. The van der Waals surface area contributed by atoms with Gasteiger partial charge in [0.05, 0.1) is 10.6 Å². The number of hydrogen-bond donors (Lipinski definition) is 1. The van der Waals surface area contributed by atoms with Crippen molar-refractivity contribution < 1.29 is 17.9 Å². The van der Waals surface area contributed by atoms with Gasteiger partial charge in [0.2, 0.25) is 0 Å². The molecule has 0 saturated carbocycles. The van der Waals surface area contributed by atoms with Gasteiger partial charge in [0.15, 0.2) is 21.4 Å². The Morgan fingerprint density at radius 1 is 1.46 bits per heavy atom. The normalized spacial score (nSPS) is 11.5. The predicted molar refractivity (Wildman–Crippen MR) is 45.8 cm³/mol. The van der Waals surface area contributed by atoms with Crippen molar-refractivity contribution in [3.63, 3.8) is 0 Å². The average Bonchev–Trinajstić information content (AvgIpc) is 2.09. The Balaban J connectivity index is 3.27. The number of rotatable bonds is 2. The van der Waals surface area contributed by atoms with Crippen LogP contribution in [0.3, 0.4) is 0 Å². The van der Waals surface area contributed by atoms with E-state index >= 15 is 0 Å². The molecule has 0 aliphatic heterocycles. The molecule has 0 aromatic heterocycles. The SMILES string of the molecule is CCS(=O)(=O)c1ccc(F)c(O)c1. The topological polar surface area (TPSA) is 54.4 Å². The molecule has 1 aromatic rings. The van der Waals surface area contributed by atoms with Gasteiger partial charge < -0.3 is 5.11 Å². The zero-order valence-corrected chi connectivity index (χ0v) is 7.81. The summed E-state index contributed by atoms with van der Waals surface area (Å²) in [5, 5.41) is 8.92. The Kier molecular flexibility index (Phi) is 2.56. The van der Waals surface area contributed by atoms with Crippen molar-refractivity contribution in [2.45, 2.75) is 11.8 Å². The lowest BCUT2D eigenvalue weighted by molar-refractivity contribution is 0.430. The molecule has 0 atom stereocenters. The maximum atomic E-state index is 12.5. The molecule has 13 heavy (non-hydrogen) atoms. The van der Waals surface area contributed by atoms with Crippen LogP contribution < -0.4 is 0 Å². The molecular weight excluding hydrogens is 195 g/mol. The van der Waals surface area contributed by atoms with Crippen molar-refractivity contribution in [2.24, 2.45) is 0 Å². The molecule has 1 N–H and O–H groups in total. The summed E-state index contributed by atoms with van der Waals surface area (Å²) < 4.78 is 35.0. The van der Waals surface area contributed by atoms with Gasteiger partial charge in [-0.05, 0) is 12.1 Å². The number of aromatic hydroxyl groups is 1. The Bertz CT molecular complexity index is 411. The molecule has 0 radical (unpaired) electrons. The smallest absolute Gasteiger partial charge is 0.178 e. The molecule has 0 amide bonds. The van der Waals surface area contributed by atoms with Crippen LogP contribution in [-0.4, -0.2) is 19.3 Å². The first-order valence-corrected chi connectivity index (χ1v) is 5.34. The first-order chi connectivity index (χ1) is 5.97. The number of hydrogen-bond acceptors (Lipinski definition) is 3. The molecule has 3 nitrogen and oxygen atoms in total. The van der Waals surface area contributed by atoms with Gasteiger partial charge in [-0.2, -0.15) is 0 Å². The number of benzene rings is 1. The molecule has 72 valence electrons. The molecule has 0 fully saturated rings. The summed E-state index contributed by atoms with van der Waals surface area (Å²) in [5.74, 6) is -1.54. The van der Waals surface area contributed by atoms with E-state index in [1.54, 1.807) is 0 Å². The minimum atomic E-state index is -3.36. The summed E-state index contributed by atoms with van der Waals surface area (Å²) in [6.45, 7) is 1.48. The lowest BCUT2D eigenvalue weighted by Crippen LogP contribution is -2.03. The highest BCUT2D eigenvalue weighted by atomic mass is 32.2. The van der Waals surface area contributed by atoms with E-state index in [1.807, 2.05) is 0 Å². The van der Waals surface area contributed by atoms with Crippen LogP contribution in [0.5, 0.6) is 5.75 Å². The van der Waals surface area contributed by atoms with Crippen LogP contribution >= 0.6 is 0 Å².